The Labute approximate surface area is 300 Å². The number of carbonyl (C=O) groups excluding carboxylic acids is 3. The van der Waals surface area contributed by atoms with Gasteiger partial charge in [0, 0.05) is 36.9 Å². The Bertz CT molecular complexity index is 1450. The van der Waals surface area contributed by atoms with Crippen LogP contribution in [0.1, 0.15) is 108 Å². The van der Waals surface area contributed by atoms with Gasteiger partial charge < -0.3 is 26.2 Å². The Morgan fingerprint density at radius 3 is 2.36 bits per heavy atom. The van der Waals surface area contributed by atoms with Gasteiger partial charge in [-0.2, -0.15) is 0 Å². The van der Waals surface area contributed by atoms with E-state index in [1.165, 1.54) is 12.0 Å². The molecule has 0 aliphatic carbocycles. The summed E-state index contributed by atoms with van der Waals surface area (Å²) in [6.45, 7) is 12.7. The molecule has 50 heavy (non-hydrogen) atoms. The van der Waals surface area contributed by atoms with Crippen molar-refractivity contribution >= 4 is 40.8 Å². The molecule has 0 fully saturated rings. The van der Waals surface area contributed by atoms with Gasteiger partial charge in [0.2, 0.25) is 0 Å². The van der Waals surface area contributed by atoms with Gasteiger partial charge in [-0.1, -0.05) is 46.2 Å². The van der Waals surface area contributed by atoms with Crippen LogP contribution >= 0.6 is 11.3 Å². The predicted molar refractivity (Wildman–Crippen MR) is 195 cm³/mol. The number of unbranched alkanes of at least 4 members (excludes halogenated alkanes) is 1. The number of hydrogen-bond donors (Lipinski definition) is 4. The molecule has 13 heteroatoms. The number of aromatic nitrogens is 1. The molecule has 1 aromatic carbocycles. The van der Waals surface area contributed by atoms with E-state index < -0.39 is 47.5 Å². The molecule has 12 nitrogen and oxygen atoms in total. The van der Waals surface area contributed by atoms with Crippen LogP contribution in [0, 0.1) is 29.6 Å². The smallest absolute Gasteiger partial charge is 0.309 e. The van der Waals surface area contributed by atoms with Gasteiger partial charge >= 0.3 is 11.9 Å². The highest BCUT2D eigenvalue weighted by Crippen LogP contribution is 2.32. The van der Waals surface area contributed by atoms with Gasteiger partial charge in [-0.05, 0) is 69.7 Å². The van der Waals surface area contributed by atoms with Crippen LogP contribution in [0.15, 0.2) is 29.6 Å². The van der Waals surface area contributed by atoms with E-state index in [4.69, 9.17) is 21.7 Å². The number of nitrogen functional groups attached to an aromatic ring is 1. The summed E-state index contributed by atoms with van der Waals surface area (Å²) in [4.78, 5) is 62.6. The van der Waals surface area contributed by atoms with Crippen molar-refractivity contribution in [2.45, 2.75) is 111 Å². The number of carboxylic acids is 1. The Balaban J connectivity index is 2.42. The number of hydrogen-bond acceptors (Lipinski definition) is 10. The van der Waals surface area contributed by atoms with Gasteiger partial charge in [0.15, 0.2) is 6.10 Å². The van der Waals surface area contributed by atoms with Crippen molar-refractivity contribution in [2.24, 2.45) is 17.3 Å². The molecule has 0 saturated carbocycles. The van der Waals surface area contributed by atoms with Crippen molar-refractivity contribution in [3.63, 3.8) is 0 Å². The molecule has 2 amide bonds. The van der Waals surface area contributed by atoms with Gasteiger partial charge in [-0.15, -0.1) is 23.7 Å². The Morgan fingerprint density at radius 2 is 1.82 bits per heavy atom. The van der Waals surface area contributed by atoms with Crippen LogP contribution in [-0.2, 0) is 30.4 Å². The zero-order valence-electron chi connectivity index (χ0n) is 30.7. The minimum atomic E-state index is -1.11. The third-order valence-electron chi connectivity index (χ3n) is 8.70. The Hall–Kier alpha value is -3.99. The third kappa shape index (κ3) is 12.7. The number of thiazole rings is 1. The molecule has 0 saturated heterocycles. The van der Waals surface area contributed by atoms with Gasteiger partial charge in [-0.3, -0.25) is 24.0 Å². The first kappa shape index (κ1) is 42.2. The average molecular weight is 714 g/mol. The molecular weight excluding hydrogens is 659 g/mol. The minimum absolute atomic E-state index is 0.0198. The molecule has 5 atom stereocenters. The first-order chi connectivity index (χ1) is 23.5. The number of nitrogens with two attached hydrogens (primary N) is 1. The van der Waals surface area contributed by atoms with Crippen molar-refractivity contribution < 1.29 is 33.9 Å². The van der Waals surface area contributed by atoms with E-state index in [2.05, 4.69) is 21.5 Å². The molecule has 0 bridgehead atoms. The highest BCUT2D eigenvalue weighted by molar-refractivity contribution is 7.09. The number of likely N-dealkylation sites (N-methyl/N-ethyl adjacent to an activating group) is 1. The van der Waals surface area contributed by atoms with Crippen LogP contribution in [0.4, 0.5) is 5.69 Å². The lowest BCUT2D eigenvalue weighted by molar-refractivity contribution is -0.213. The van der Waals surface area contributed by atoms with Crippen LogP contribution in [-0.4, -0.2) is 70.7 Å². The number of nitrogens with one attached hydrogen (secondary N) is 2. The second-order valence-electron chi connectivity index (χ2n) is 13.7. The minimum Gasteiger partial charge on any atom is -0.481 e. The highest BCUT2D eigenvalue weighted by atomic mass is 32.1. The number of esters is 1. The number of hydroxylamine groups is 2. The van der Waals surface area contributed by atoms with Crippen molar-refractivity contribution in [3.05, 3.63) is 45.9 Å². The lowest BCUT2D eigenvalue weighted by Crippen LogP contribution is -2.53. The topological polar surface area (TPSA) is 173 Å². The predicted octanol–water partition coefficient (Wildman–Crippen LogP) is 5.39. The van der Waals surface area contributed by atoms with E-state index >= 15 is 0 Å². The quantitative estimate of drug-likeness (QED) is 0.0432. The fourth-order valence-corrected chi connectivity index (χ4v) is 6.40. The molecule has 276 valence electrons. The number of benzene rings is 1. The summed E-state index contributed by atoms with van der Waals surface area (Å²) in [5.41, 5.74) is 6.31. The molecule has 5 N–H and O–H groups in total. The van der Waals surface area contributed by atoms with Crippen molar-refractivity contribution in [2.75, 3.05) is 19.4 Å². The van der Waals surface area contributed by atoms with Gasteiger partial charge in [0.25, 0.3) is 11.8 Å². The summed E-state index contributed by atoms with van der Waals surface area (Å²) in [5, 5.41) is 19.3. The summed E-state index contributed by atoms with van der Waals surface area (Å²) in [6.07, 6.45) is 7.07. The molecule has 0 radical (unpaired) electrons. The lowest BCUT2D eigenvalue weighted by Gasteiger charge is -2.37. The number of aliphatic carboxylic acids is 1. The maximum atomic E-state index is 14.0. The summed E-state index contributed by atoms with van der Waals surface area (Å²) in [5.74, 6) is 0.240. The number of terminal acetylenes is 1. The zero-order chi connectivity index (χ0) is 37.6. The van der Waals surface area contributed by atoms with Crippen LogP contribution in [0.2, 0.25) is 0 Å². The van der Waals surface area contributed by atoms with Crippen molar-refractivity contribution in [3.8, 4) is 12.3 Å². The van der Waals surface area contributed by atoms with Gasteiger partial charge in [0.1, 0.15) is 10.7 Å². The molecule has 0 aliphatic rings. The van der Waals surface area contributed by atoms with Gasteiger partial charge in [-0.25, -0.2) is 10.0 Å². The zero-order valence-corrected chi connectivity index (χ0v) is 31.5. The second kappa shape index (κ2) is 20.0. The van der Waals surface area contributed by atoms with E-state index in [0.717, 1.165) is 23.3 Å². The molecule has 1 heterocycles. The highest BCUT2D eigenvalue weighted by Gasteiger charge is 2.38. The summed E-state index contributed by atoms with van der Waals surface area (Å²) in [7, 11) is 1.74. The van der Waals surface area contributed by atoms with Crippen LogP contribution in [0.25, 0.3) is 0 Å². The number of amides is 2. The monoisotopic (exact) mass is 713 g/mol. The number of carbonyl (C=O) groups is 4. The maximum Gasteiger partial charge on any atom is 0.309 e. The molecule has 0 spiro atoms. The van der Waals surface area contributed by atoms with E-state index in [1.807, 2.05) is 39.8 Å². The average Bonchev–Trinajstić information content (AvgIpc) is 3.55. The maximum absolute atomic E-state index is 14.0. The van der Waals surface area contributed by atoms with E-state index in [-0.39, 0.29) is 42.9 Å². The van der Waals surface area contributed by atoms with E-state index in [0.29, 0.717) is 30.0 Å². The van der Waals surface area contributed by atoms with Crippen LogP contribution in [0.3, 0.4) is 0 Å². The molecule has 1 unspecified atom stereocenters. The van der Waals surface area contributed by atoms with E-state index in [9.17, 15) is 24.3 Å². The summed E-state index contributed by atoms with van der Waals surface area (Å²) in [6, 6.07) is 5.62. The number of ether oxygens (including phenoxy) is 1. The standard InChI is InChI=1S/C37H55N5O7S/c1-10-12-13-18-48-42(35(45)32(39-9)24(5)11-2)30(23(3)4)20-31(49-25(6)43)34-41-29(22-50-34)33(44)40-28(21-37(7,8)36(46)47)19-26-14-16-27(38)17-15-26/h1,14-17,22-24,28,30-32,39H,11-13,18-21,38H2,2-9H3,(H,40,44)(H,46,47)/t24-,28-,30+,31+,32?/m0/s1. The summed E-state index contributed by atoms with van der Waals surface area (Å²) >= 11 is 1.16. The fourth-order valence-electron chi connectivity index (χ4n) is 5.56. The molecular formula is C37H55N5O7S. The van der Waals surface area contributed by atoms with E-state index in [1.54, 1.807) is 38.4 Å². The van der Waals surface area contributed by atoms with Crippen LogP contribution in [0.5, 0.6) is 0 Å². The Kier molecular flexibility index (Phi) is 16.9. The molecule has 1 aromatic heterocycles. The molecule has 0 aliphatic heterocycles. The Morgan fingerprint density at radius 1 is 1.16 bits per heavy atom. The largest absolute Gasteiger partial charge is 0.481 e. The normalized spacial score (nSPS) is 14.6. The lowest BCUT2D eigenvalue weighted by atomic mass is 9.84. The molecule has 2 aromatic rings. The SMILES string of the molecule is C#CCCCON(C(=O)C(NC)[C@@H](C)CC)[C@H](C[C@@H](OC(C)=O)c1nc(C(=O)N[C@@H](Cc2ccc(N)cc2)CC(C)(C)C(=O)O)cs1)C(C)C. The first-order valence-corrected chi connectivity index (χ1v) is 18.0. The van der Waals surface area contributed by atoms with Crippen LogP contribution < -0.4 is 16.4 Å². The number of rotatable bonds is 21. The van der Waals surface area contributed by atoms with Crippen molar-refractivity contribution in [1.82, 2.24) is 20.7 Å². The third-order valence-corrected chi connectivity index (χ3v) is 9.64. The number of nitrogens with zero attached hydrogens (tertiary/aromatic N) is 2. The molecule has 2 rings (SSSR count). The summed E-state index contributed by atoms with van der Waals surface area (Å²) < 4.78 is 5.77. The van der Waals surface area contributed by atoms with Gasteiger partial charge in [0.05, 0.1) is 24.1 Å². The fraction of sp³-hybridized carbons (Fsp3) is 0.595. The number of anilines is 1. The van der Waals surface area contributed by atoms with Crippen molar-refractivity contribution in [1.29, 1.82) is 0 Å². The second-order valence-corrected chi connectivity index (χ2v) is 14.6. The first-order valence-electron chi connectivity index (χ1n) is 17.1. The number of carboxylic acid groups (broad SMARTS) is 1.